The Balaban J connectivity index is 2.04. The number of aromatic nitrogens is 1. The first-order valence-corrected chi connectivity index (χ1v) is 8.68. The van der Waals surface area contributed by atoms with Gasteiger partial charge in [-0.2, -0.15) is 5.10 Å². The molecule has 0 saturated heterocycles. The molecule has 0 radical (unpaired) electrons. The molecule has 2 rings (SSSR count). The Bertz CT molecular complexity index is 730. The van der Waals surface area contributed by atoms with Crippen LogP contribution < -0.4 is 14.9 Å². The van der Waals surface area contributed by atoms with Crippen molar-refractivity contribution in [2.24, 2.45) is 5.10 Å². The van der Waals surface area contributed by atoms with Crippen LogP contribution >= 0.6 is 11.3 Å². The molecule has 2 aromatic rings. The Morgan fingerprint density at radius 3 is 2.96 bits per heavy atom. The first kappa shape index (κ1) is 18.7. The lowest BCUT2D eigenvalue weighted by Crippen LogP contribution is -2.10. The van der Waals surface area contributed by atoms with E-state index < -0.39 is 0 Å². The number of nitrogens with zero attached hydrogens (tertiary/aromatic N) is 2. The molecule has 0 saturated carbocycles. The summed E-state index contributed by atoms with van der Waals surface area (Å²) < 4.78 is 15.9. The number of para-hydroxylation sites is 1. The van der Waals surface area contributed by atoms with Gasteiger partial charge in [0, 0.05) is 10.9 Å². The summed E-state index contributed by atoms with van der Waals surface area (Å²) in [6.07, 6.45) is 1.79. The van der Waals surface area contributed by atoms with Gasteiger partial charge in [0.05, 0.1) is 38.7 Å². The average molecular weight is 363 g/mol. The van der Waals surface area contributed by atoms with Crippen molar-refractivity contribution in [3.05, 3.63) is 34.8 Å². The largest absolute Gasteiger partial charge is 0.493 e. The smallest absolute Gasteiger partial charge is 0.309 e. The Morgan fingerprint density at radius 1 is 1.44 bits per heavy atom. The van der Waals surface area contributed by atoms with Crippen LogP contribution in [0.15, 0.2) is 28.7 Å². The highest BCUT2D eigenvalue weighted by molar-refractivity contribution is 7.13. The van der Waals surface area contributed by atoms with Crippen LogP contribution in [0.25, 0.3) is 0 Å². The normalized spacial score (nSPS) is 10.7. The number of thiazole rings is 1. The van der Waals surface area contributed by atoms with Gasteiger partial charge in [-0.25, -0.2) is 4.98 Å². The number of nitrogens with one attached hydrogen (secondary N) is 1. The number of hydrogen-bond acceptors (Lipinski definition) is 8. The number of carbonyl (C=O) groups excluding carboxylic acids is 1. The minimum atomic E-state index is -0.298. The Kier molecular flexibility index (Phi) is 7.21. The predicted molar refractivity (Wildman–Crippen MR) is 97.8 cm³/mol. The first-order chi connectivity index (χ1) is 12.1. The van der Waals surface area contributed by atoms with E-state index in [1.54, 1.807) is 26.3 Å². The van der Waals surface area contributed by atoms with Crippen molar-refractivity contribution in [2.75, 3.05) is 25.7 Å². The molecule has 8 heteroatoms. The molecule has 1 aromatic heterocycles. The lowest BCUT2D eigenvalue weighted by atomic mass is 10.2. The lowest BCUT2D eigenvalue weighted by Gasteiger charge is -2.12. The molecular formula is C17H21N3O4S. The molecule has 134 valence electrons. The van der Waals surface area contributed by atoms with Crippen molar-refractivity contribution >= 4 is 28.7 Å². The van der Waals surface area contributed by atoms with Gasteiger partial charge in [0.1, 0.15) is 0 Å². The maximum absolute atomic E-state index is 11.4. The molecule has 0 aliphatic carbocycles. The third-order valence-electron chi connectivity index (χ3n) is 3.07. The van der Waals surface area contributed by atoms with Crippen molar-refractivity contribution in [3.8, 4) is 11.5 Å². The molecule has 0 aliphatic rings. The molecular weight excluding hydrogens is 342 g/mol. The molecule has 0 atom stereocenters. The monoisotopic (exact) mass is 363 g/mol. The van der Waals surface area contributed by atoms with Crippen LogP contribution in [-0.2, 0) is 9.53 Å². The third kappa shape index (κ3) is 5.75. The zero-order valence-corrected chi connectivity index (χ0v) is 15.3. The van der Waals surface area contributed by atoms with Gasteiger partial charge in [-0.15, -0.1) is 11.3 Å². The fourth-order valence-corrected chi connectivity index (χ4v) is 2.62. The Hall–Kier alpha value is -2.61. The summed E-state index contributed by atoms with van der Waals surface area (Å²) in [5.74, 6) is 0.793. The maximum atomic E-state index is 11.4. The quantitative estimate of drug-likeness (QED) is 0.418. The predicted octanol–water partition coefficient (Wildman–Crippen LogP) is 3.24. The van der Waals surface area contributed by atoms with Gasteiger partial charge < -0.3 is 14.2 Å². The van der Waals surface area contributed by atoms with Crippen LogP contribution in [-0.4, -0.2) is 37.5 Å². The molecule has 0 fully saturated rings. The van der Waals surface area contributed by atoms with Crippen molar-refractivity contribution in [1.82, 2.24) is 4.98 Å². The number of ether oxygens (including phenoxy) is 3. The van der Waals surface area contributed by atoms with Crippen LogP contribution in [0.5, 0.6) is 11.5 Å². The van der Waals surface area contributed by atoms with E-state index in [1.165, 1.54) is 11.3 Å². The van der Waals surface area contributed by atoms with Crippen LogP contribution in [0.2, 0.25) is 0 Å². The number of rotatable bonds is 9. The van der Waals surface area contributed by atoms with E-state index >= 15 is 0 Å². The van der Waals surface area contributed by atoms with Gasteiger partial charge in [-0.05, 0) is 26.0 Å². The number of methoxy groups -OCH3 is 1. The van der Waals surface area contributed by atoms with E-state index in [1.807, 2.05) is 24.4 Å². The lowest BCUT2D eigenvalue weighted by molar-refractivity contribution is -0.143. The number of carbonyl (C=O) groups is 1. The van der Waals surface area contributed by atoms with Gasteiger partial charge in [0.25, 0.3) is 0 Å². The molecule has 0 amide bonds. The number of benzene rings is 1. The highest BCUT2D eigenvalue weighted by Gasteiger charge is 2.11. The summed E-state index contributed by atoms with van der Waals surface area (Å²) in [4.78, 5) is 15.7. The summed E-state index contributed by atoms with van der Waals surface area (Å²) in [5, 5.41) is 6.83. The zero-order chi connectivity index (χ0) is 18.1. The first-order valence-electron chi connectivity index (χ1n) is 7.80. The fraction of sp³-hybridized carbons (Fsp3) is 0.353. The molecule has 1 aromatic carbocycles. The summed E-state index contributed by atoms with van der Waals surface area (Å²) >= 11 is 1.47. The van der Waals surface area contributed by atoms with Gasteiger partial charge in [-0.1, -0.05) is 6.07 Å². The molecule has 0 spiro atoms. The second-order valence-corrected chi connectivity index (χ2v) is 5.80. The van der Waals surface area contributed by atoms with Crippen LogP contribution in [0.4, 0.5) is 5.13 Å². The van der Waals surface area contributed by atoms with Crippen molar-refractivity contribution in [1.29, 1.82) is 0 Å². The number of hydrogen-bond donors (Lipinski definition) is 1. The number of esters is 1. The maximum Gasteiger partial charge on any atom is 0.309 e. The van der Waals surface area contributed by atoms with Crippen molar-refractivity contribution in [2.45, 2.75) is 20.3 Å². The summed E-state index contributed by atoms with van der Waals surface area (Å²) in [7, 11) is 1.56. The molecule has 7 nitrogen and oxygen atoms in total. The second kappa shape index (κ2) is 9.63. The summed E-state index contributed by atoms with van der Waals surface area (Å²) in [6.45, 7) is 4.24. The molecule has 25 heavy (non-hydrogen) atoms. The molecule has 0 aliphatic heterocycles. The van der Waals surface area contributed by atoms with E-state index in [9.17, 15) is 4.79 Å². The van der Waals surface area contributed by atoms with E-state index in [-0.39, 0.29) is 19.0 Å². The zero-order valence-electron chi connectivity index (χ0n) is 14.4. The second-order valence-electron chi connectivity index (χ2n) is 4.95. The fourth-order valence-electron chi connectivity index (χ4n) is 1.98. The highest BCUT2D eigenvalue weighted by Crippen LogP contribution is 2.30. The van der Waals surface area contributed by atoms with Crippen molar-refractivity contribution < 1.29 is 19.0 Å². The Labute approximate surface area is 150 Å². The van der Waals surface area contributed by atoms with E-state index in [0.717, 1.165) is 11.3 Å². The third-order valence-corrected chi connectivity index (χ3v) is 3.93. The SMILES string of the molecule is CCOC(=O)CCOc1c(C=NNc2nc(C)cs2)cccc1OC. The van der Waals surface area contributed by atoms with Crippen LogP contribution in [0.1, 0.15) is 24.6 Å². The molecule has 1 heterocycles. The highest BCUT2D eigenvalue weighted by atomic mass is 32.1. The number of anilines is 1. The molecule has 0 bridgehead atoms. The van der Waals surface area contributed by atoms with Gasteiger partial charge in [0.15, 0.2) is 11.5 Å². The number of aryl methyl sites for hydroxylation is 1. The van der Waals surface area contributed by atoms with E-state index in [2.05, 4.69) is 15.5 Å². The minimum Gasteiger partial charge on any atom is -0.493 e. The van der Waals surface area contributed by atoms with Gasteiger partial charge >= 0.3 is 5.97 Å². The topological polar surface area (TPSA) is 82.0 Å². The van der Waals surface area contributed by atoms with E-state index in [4.69, 9.17) is 14.2 Å². The Morgan fingerprint density at radius 2 is 2.28 bits per heavy atom. The van der Waals surface area contributed by atoms with E-state index in [0.29, 0.717) is 23.2 Å². The van der Waals surface area contributed by atoms with Crippen molar-refractivity contribution in [3.63, 3.8) is 0 Å². The van der Waals surface area contributed by atoms with Gasteiger partial charge in [-0.3, -0.25) is 10.2 Å². The molecule has 0 unspecified atom stereocenters. The average Bonchev–Trinajstić information content (AvgIpc) is 3.01. The van der Waals surface area contributed by atoms with Crippen LogP contribution in [0.3, 0.4) is 0 Å². The number of hydrazone groups is 1. The minimum absolute atomic E-state index is 0.166. The molecule has 1 N–H and O–H groups in total. The van der Waals surface area contributed by atoms with Gasteiger partial charge in [0.2, 0.25) is 5.13 Å². The summed E-state index contributed by atoms with van der Waals surface area (Å²) in [5.41, 5.74) is 4.54. The standard InChI is InChI=1S/C17H21N3O4S/c1-4-23-15(21)8-9-24-16-13(6-5-7-14(16)22-3)10-18-20-17-19-12(2)11-25-17/h5-7,10-11H,4,8-9H2,1-3H3,(H,19,20). The van der Waals surface area contributed by atoms with Crippen LogP contribution in [0, 0.1) is 6.92 Å². The summed E-state index contributed by atoms with van der Waals surface area (Å²) in [6, 6.07) is 5.47.